The van der Waals surface area contributed by atoms with Gasteiger partial charge < -0.3 is 10.8 Å². The molecule has 0 aliphatic heterocycles. The smallest absolute Gasteiger partial charge is 0.242 e. The molecule has 0 atom stereocenters. The largest absolute Gasteiger partial charge is 0.399 e. The van der Waals surface area contributed by atoms with E-state index in [-0.39, 0.29) is 16.5 Å². The number of aliphatic hydroxyl groups is 1. The van der Waals surface area contributed by atoms with Crippen molar-refractivity contribution in [1.29, 1.82) is 5.26 Å². The van der Waals surface area contributed by atoms with Gasteiger partial charge in [0, 0.05) is 11.7 Å². The number of nitrogens with two attached hydrogens (primary N) is 1. The molecule has 18 heavy (non-hydrogen) atoms. The molecule has 0 saturated heterocycles. The van der Waals surface area contributed by atoms with Crippen LogP contribution in [0.3, 0.4) is 0 Å². The van der Waals surface area contributed by atoms with Gasteiger partial charge in [0.15, 0.2) is 0 Å². The minimum Gasteiger partial charge on any atom is -0.399 e. The second-order valence-corrected chi connectivity index (χ2v) is 5.99. The minimum absolute atomic E-state index is 0.0161. The van der Waals surface area contributed by atoms with Crippen molar-refractivity contribution in [2.75, 3.05) is 5.73 Å². The van der Waals surface area contributed by atoms with E-state index in [0.29, 0.717) is 18.5 Å². The van der Waals surface area contributed by atoms with Crippen molar-refractivity contribution in [2.24, 2.45) is 0 Å². The van der Waals surface area contributed by atoms with Crippen LogP contribution in [0.25, 0.3) is 0 Å². The molecule has 1 aliphatic carbocycles. The molecule has 1 aromatic carbocycles. The van der Waals surface area contributed by atoms with Gasteiger partial charge in [-0.25, -0.2) is 13.1 Å². The fraction of sp³-hybridized carbons (Fsp3) is 0.364. The summed E-state index contributed by atoms with van der Waals surface area (Å²) in [6, 6.07) is 5.61. The van der Waals surface area contributed by atoms with E-state index in [4.69, 9.17) is 16.1 Å². The molecule has 1 aliphatic rings. The summed E-state index contributed by atoms with van der Waals surface area (Å²) < 4.78 is 26.6. The molecule has 0 unspecified atom stereocenters. The molecule has 96 valence electrons. The molecule has 0 aromatic heterocycles. The molecule has 6 nitrogen and oxygen atoms in total. The number of sulfonamides is 1. The molecule has 0 spiro atoms. The predicted octanol–water partition coefficient (Wildman–Crippen LogP) is -0.0579. The number of nitrogens with zero attached hydrogens (tertiary/aromatic N) is 1. The third-order valence-corrected chi connectivity index (χ3v) is 4.43. The van der Waals surface area contributed by atoms with Gasteiger partial charge in [0.1, 0.15) is 6.07 Å². The topological polar surface area (TPSA) is 116 Å². The number of anilines is 1. The summed E-state index contributed by atoms with van der Waals surface area (Å²) in [6.07, 6.45) is 0.353. The average molecular weight is 267 g/mol. The summed E-state index contributed by atoms with van der Waals surface area (Å²) in [5, 5.41) is 18.0. The van der Waals surface area contributed by atoms with Crippen molar-refractivity contribution in [1.82, 2.24) is 4.72 Å². The van der Waals surface area contributed by atoms with E-state index in [1.165, 1.54) is 18.2 Å². The molecule has 0 amide bonds. The normalized spacial score (nSPS) is 23.1. The first-order valence-corrected chi connectivity index (χ1v) is 6.90. The van der Waals surface area contributed by atoms with Gasteiger partial charge in [-0.3, -0.25) is 0 Å². The zero-order valence-electron chi connectivity index (χ0n) is 9.50. The standard InChI is InChI=1S/C11H13N3O3S/c12-6-7-3-8(13)1-2-11(7)18(16,17)14-9-4-10(15)5-9/h1-3,9-10,14-15H,4-5,13H2. The van der Waals surface area contributed by atoms with Crippen LogP contribution in [0.1, 0.15) is 18.4 Å². The van der Waals surface area contributed by atoms with Gasteiger partial charge in [-0.2, -0.15) is 5.26 Å². The molecule has 0 radical (unpaired) electrons. The number of aliphatic hydroxyl groups excluding tert-OH is 1. The van der Waals surface area contributed by atoms with Crippen LogP contribution in [0.5, 0.6) is 0 Å². The Bertz CT molecular complexity index is 600. The molecule has 2 rings (SSSR count). The minimum atomic E-state index is -3.74. The van der Waals surface area contributed by atoms with E-state index in [0.717, 1.165) is 0 Å². The van der Waals surface area contributed by atoms with E-state index in [1.54, 1.807) is 0 Å². The first-order chi connectivity index (χ1) is 8.42. The van der Waals surface area contributed by atoms with E-state index >= 15 is 0 Å². The lowest BCUT2D eigenvalue weighted by molar-refractivity contribution is 0.0712. The quantitative estimate of drug-likeness (QED) is 0.663. The molecule has 7 heteroatoms. The summed E-state index contributed by atoms with van der Waals surface area (Å²) in [7, 11) is -3.74. The molecule has 1 fully saturated rings. The van der Waals surface area contributed by atoms with Crippen molar-refractivity contribution in [3.8, 4) is 6.07 Å². The Morgan fingerprint density at radius 2 is 2.11 bits per heavy atom. The van der Waals surface area contributed by atoms with Gasteiger partial charge in [0.25, 0.3) is 0 Å². The van der Waals surface area contributed by atoms with Crippen LogP contribution < -0.4 is 10.5 Å². The number of hydrogen-bond acceptors (Lipinski definition) is 5. The Kier molecular flexibility index (Phi) is 3.26. The summed E-state index contributed by atoms with van der Waals surface area (Å²) >= 11 is 0. The summed E-state index contributed by atoms with van der Waals surface area (Å²) in [6.45, 7) is 0. The van der Waals surface area contributed by atoms with Crippen LogP contribution in [-0.2, 0) is 10.0 Å². The number of nitriles is 1. The number of rotatable bonds is 3. The van der Waals surface area contributed by atoms with E-state index < -0.39 is 16.1 Å². The first-order valence-electron chi connectivity index (χ1n) is 5.42. The Labute approximate surface area is 105 Å². The van der Waals surface area contributed by atoms with Crippen molar-refractivity contribution in [2.45, 2.75) is 29.9 Å². The third kappa shape index (κ3) is 2.46. The highest BCUT2D eigenvalue weighted by Gasteiger charge is 2.32. The molecule has 0 bridgehead atoms. The Balaban J connectivity index is 2.27. The van der Waals surface area contributed by atoms with Gasteiger partial charge in [0.2, 0.25) is 10.0 Å². The lowest BCUT2D eigenvalue weighted by Gasteiger charge is -2.31. The Hall–Kier alpha value is -1.62. The Morgan fingerprint density at radius 3 is 2.67 bits per heavy atom. The highest BCUT2D eigenvalue weighted by Crippen LogP contribution is 2.24. The molecule has 4 N–H and O–H groups in total. The average Bonchev–Trinajstić information content (AvgIpc) is 2.26. The maximum Gasteiger partial charge on any atom is 0.242 e. The van der Waals surface area contributed by atoms with Gasteiger partial charge in [-0.1, -0.05) is 0 Å². The predicted molar refractivity (Wildman–Crippen MR) is 64.9 cm³/mol. The van der Waals surface area contributed by atoms with E-state index in [2.05, 4.69) is 4.72 Å². The third-order valence-electron chi connectivity index (χ3n) is 2.85. The van der Waals surface area contributed by atoms with E-state index in [1.807, 2.05) is 6.07 Å². The number of hydrogen-bond donors (Lipinski definition) is 3. The number of nitrogens with one attached hydrogen (secondary N) is 1. The zero-order valence-corrected chi connectivity index (χ0v) is 10.3. The van der Waals surface area contributed by atoms with Crippen molar-refractivity contribution >= 4 is 15.7 Å². The van der Waals surface area contributed by atoms with Crippen LogP contribution in [0.2, 0.25) is 0 Å². The molecular formula is C11H13N3O3S. The first kappa shape index (κ1) is 12.8. The SMILES string of the molecule is N#Cc1cc(N)ccc1S(=O)(=O)NC1CC(O)C1. The Morgan fingerprint density at radius 1 is 1.44 bits per heavy atom. The van der Waals surface area contributed by atoms with Gasteiger partial charge >= 0.3 is 0 Å². The highest BCUT2D eigenvalue weighted by molar-refractivity contribution is 7.89. The maximum atomic E-state index is 12.0. The van der Waals surface area contributed by atoms with Crippen LogP contribution in [0.4, 0.5) is 5.69 Å². The lowest BCUT2D eigenvalue weighted by Crippen LogP contribution is -2.46. The van der Waals surface area contributed by atoms with Crippen molar-refractivity contribution < 1.29 is 13.5 Å². The fourth-order valence-corrected chi connectivity index (χ4v) is 3.24. The van der Waals surface area contributed by atoms with Crippen molar-refractivity contribution in [3.05, 3.63) is 23.8 Å². The van der Waals surface area contributed by atoms with Gasteiger partial charge in [-0.15, -0.1) is 0 Å². The molecule has 1 aromatic rings. The highest BCUT2D eigenvalue weighted by atomic mass is 32.2. The second-order valence-electron chi connectivity index (χ2n) is 4.31. The van der Waals surface area contributed by atoms with Gasteiger partial charge in [0.05, 0.1) is 16.6 Å². The van der Waals surface area contributed by atoms with Crippen LogP contribution in [0, 0.1) is 11.3 Å². The zero-order chi connectivity index (χ0) is 13.3. The van der Waals surface area contributed by atoms with Crippen LogP contribution in [-0.4, -0.2) is 25.7 Å². The summed E-state index contributed by atoms with van der Waals surface area (Å²) in [4.78, 5) is -0.0828. The van der Waals surface area contributed by atoms with Crippen LogP contribution in [0.15, 0.2) is 23.1 Å². The lowest BCUT2D eigenvalue weighted by atomic mass is 9.91. The monoisotopic (exact) mass is 267 g/mol. The van der Waals surface area contributed by atoms with Gasteiger partial charge in [-0.05, 0) is 31.0 Å². The van der Waals surface area contributed by atoms with Crippen molar-refractivity contribution in [3.63, 3.8) is 0 Å². The second kappa shape index (κ2) is 4.57. The number of benzene rings is 1. The summed E-state index contributed by atoms with van der Waals surface area (Å²) in [5.41, 5.74) is 5.86. The fourth-order valence-electron chi connectivity index (χ4n) is 1.84. The number of nitrogen functional groups attached to an aromatic ring is 1. The molecular weight excluding hydrogens is 254 g/mol. The van der Waals surface area contributed by atoms with E-state index in [9.17, 15) is 8.42 Å². The maximum absolute atomic E-state index is 12.0. The summed E-state index contributed by atoms with van der Waals surface area (Å²) in [5.74, 6) is 0. The molecule has 0 heterocycles. The molecule has 1 saturated carbocycles. The van der Waals surface area contributed by atoms with Crippen LogP contribution >= 0.6 is 0 Å².